The first kappa shape index (κ1) is 14.1. The molecular weight excluding hydrogens is 240 g/mol. The van der Waals surface area contributed by atoms with Crippen LogP contribution in [0.2, 0.25) is 0 Å². The standard InChI is InChI=1S/C14H24N4O/c1-9(2)7-18(10(3)4)14(19)12-5-11-13(6-15-12)17-8-16-11/h8-10,12,15H,5-7H2,1-4H3,(H,16,17). The summed E-state index contributed by atoms with van der Waals surface area (Å²) in [4.78, 5) is 22.0. The van der Waals surface area contributed by atoms with Gasteiger partial charge < -0.3 is 9.88 Å². The van der Waals surface area contributed by atoms with Crippen LogP contribution in [0.3, 0.4) is 0 Å². The number of aromatic nitrogens is 2. The van der Waals surface area contributed by atoms with Gasteiger partial charge in [-0.25, -0.2) is 4.98 Å². The second-order valence-electron chi connectivity index (χ2n) is 5.94. The summed E-state index contributed by atoms with van der Waals surface area (Å²) in [6, 6.07) is 0.0919. The molecule has 1 aromatic heterocycles. The number of amides is 1. The maximum atomic E-state index is 12.6. The van der Waals surface area contributed by atoms with Crippen molar-refractivity contribution in [2.75, 3.05) is 6.54 Å². The summed E-state index contributed by atoms with van der Waals surface area (Å²) in [6.45, 7) is 9.93. The number of carbonyl (C=O) groups is 1. The maximum absolute atomic E-state index is 12.6. The number of carbonyl (C=O) groups excluding carboxylic acids is 1. The molecule has 2 rings (SSSR count). The highest BCUT2D eigenvalue weighted by Gasteiger charge is 2.30. The van der Waals surface area contributed by atoms with Gasteiger partial charge in [0.25, 0.3) is 0 Å². The van der Waals surface area contributed by atoms with Gasteiger partial charge in [0, 0.05) is 25.6 Å². The lowest BCUT2D eigenvalue weighted by Gasteiger charge is -2.33. The van der Waals surface area contributed by atoms with Crippen molar-refractivity contribution in [3.05, 3.63) is 17.7 Å². The fourth-order valence-corrected chi connectivity index (χ4v) is 2.49. The monoisotopic (exact) mass is 264 g/mol. The van der Waals surface area contributed by atoms with Gasteiger partial charge in [-0.05, 0) is 19.8 Å². The van der Waals surface area contributed by atoms with E-state index in [2.05, 4.69) is 43.0 Å². The summed E-state index contributed by atoms with van der Waals surface area (Å²) in [6.07, 6.45) is 2.38. The molecule has 2 heterocycles. The van der Waals surface area contributed by atoms with E-state index in [0.29, 0.717) is 18.9 Å². The number of hydrogen-bond acceptors (Lipinski definition) is 3. The highest BCUT2D eigenvalue weighted by Crippen LogP contribution is 2.15. The molecule has 0 radical (unpaired) electrons. The smallest absolute Gasteiger partial charge is 0.240 e. The summed E-state index contributed by atoms with van der Waals surface area (Å²) in [5, 5.41) is 3.31. The number of nitrogens with one attached hydrogen (secondary N) is 2. The Kier molecular flexibility index (Phi) is 4.24. The second kappa shape index (κ2) is 5.74. The lowest BCUT2D eigenvalue weighted by Crippen LogP contribution is -2.52. The van der Waals surface area contributed by atoms with E-state index >= 15 is 0 Å². The second-order valence-corrected chi connectivity index (χ2v) is 5.94. The Labute approximate surface area is 114 Å². The van der Waals surface area contributed by atoms with E-state index in [0.717, 1.165) is 17.9 Å². The van der Waals surface area contributed by atoms with E-state index in [-0.39, 0.29) is 18.0 Å². The van der Waals surface area contributed by atoms with Gasteiger partial charge >= 0.3 is 0 Å². The molecule has 1 aliphatic heterocycles. The maximum Gasteiger partial charge on any atom is 0.240 e. The van der Waals surface area contributed by atoms with Gasteiger partial charge in [0.1, 0.15) is 0 Å². The van der Waals surface area contributed by atoms with E-state index in [1.54, 1.807) is 6.33 Å². The van der Waals surface area contributed by atoms with Crippen LogP contribution in [0.5, 0.6) is 0 Å². The lowest BCUT2D eigenvalue weighted by atomic mass is 10.0. The number of hydrogen-bond donors (Lipinski definition) is 2. The Morgan fingerprint density at radius 2 is 2.21 bits per heavy atom. The molecule has 1 atom stereocenters. The minimum absolute atomic E-state index is 0.142. The molecule has 1 aliphatic rings. The van der Waals surface area contributed by atoms with Crippen LogP contribution < -0.4 is 5.32 Å². The van der Waals surface area contributed by atoms with Gasteiger partial charge in [0.2, 0.25) is 5.91 Å². The van der Waals surface area contributed by atoms with E-state index in [4.69, 9.17) is 0 Å². The molecule has 1 amide bonds. The van der Waals surface area contributed by atoms with Gasteiger partial charge in [-0.1, -0.05) is 13.8 Å². The van der Waals surface area contributed by atoms with Crippen LogP contribution >= 0.6 is 0 Å². The molecule has 1 unspecified atom stereocenters. The molecule has 0 saturated carbocycles. The van der Waals surface area contributed by atoms with E-state index in [1.165, 1.54) is 0 Å². The average Bonchev–Trinajstić information content (AvgIpc) is 2.81. The predicted molar refractivity (Wildman–Crippen MR) is 74.6 cm³/mol. The third kappa shape index (κ3) is 3.15. The predicted octanol–water partition coefficient (Wildman–Crippen LogP) is 1.32. The minimum Gasteiger partial charge on any atom is -0.347 e. The quantitative estimate of drug-likeness (QED) is 0.862. The molecule has 19 heavy (non-hydrogen) atoms. The van der Waals surface area contributed by atoms with Crippen LogP contribution in [0.4, 0.5) is 0 Å². The number of rotatable bonds is 4. The third-order valence-electron chi connectivity index (χ3n) is 3.50. The molecule has 0 saturated heterocycles. The van der Waals surface area contributed by atoms with Crippen molar-refractivity contribution >= 4 is 5.91 Å². The summed E-state index contributed by atoms with van der Waals surface area (Å²) >= 11 is 0. The number of aromatic amines is 1. The van der Waals surface area contributed by atoms with Crippen LogP contribution in [-0.2, 0) is 17.8 Å². The van der Waals surface area contributed by atoms with Crippen molar-refractivity contribution in [1.29, 1.82) is 0 Å². The Morgan fingerprint density at radius 1 is 1.47 bits per heavy atom. The summed E-state index contributed by atoms with van der Waals surface area (Å²) in [5.41, 5.74) is 2.12. The number of nitrogens with zero attached hydrogens (tertiary/aromatic N) is 2. The molecule has 0 bridgehead atoms. The third-order valence-corrected chi connectivity index (χ3v) is 3.50. The Hall–Kier alpha value is -1.36. The zero-order chi connectivity index (χ0) is 14.0. The van der Waals surface area contributed by atoms with Crippen molar-refractivity contribution in [2.24, 2.45) is 5.92 Å². The molecule has 5 nitrogen and oxygen atoms in total. The Bertz CT molecular complexity index is 438. The van der Waals surface area contributed by atoms with Gasteiger partial charge in [0.15, 0.2) is 0 Å². The molecule has 5 heteroatoms. The van der Waals surface area contributed by atoms with Crippen molar-refractivity contribution in [3.63, 3.8) is 0 Å². The highest BCUT2D eigenvalue weighted by atomic mass is 16.2. The number of imidazole rings is 1. The molecule has 0 fully saturated rings. The van der Waals surface area contributed by atoms with Crippen LogP contribution in [0.25, 0.3) is 0 Å². The van der Waals surface area contributed by atoms with Gasteiger partial charge in [-0.3, -0.25) is 10.1 Å². The van der Waals surface area contributed by atoms with Crippen molar-refractivity contribution in [3.8, 4) is 0 Å². The summed E-state index contributed by atoms with van der Waals surface area (Å²) < 4.78 is 0. The molecule has 0 aromatic carbocycles. The lowest BCUT2D eigenvalue weighted by molar-refractivity contribution is -0.136. The first-order valence-electron chi connectivity index (χ1n) is 7.04. The van der Waals surface area contributed by atoms with E-state index in [1.807, 2.05) is 4.90 Å². The molecule has 1 aromatic rings. The average molecular weight is 264 g/mol. The van der Waals surface area contributed by atoms with Gasteiger partial charge in [-0.2, -0.15) is 0 Å². The van der Waals surface area contributed by atoms with Crippen LogP contribution in [-0.4, -0.2) is 39.4 Å². The van der Waals surface area contributed by atoms with Crippen LogP contribution in [0.1, 0.15) is 39.1 Å². The molecule has 2 N–H and O–H groups in total. The fourth-order valence-electron chi connectivity index (χ4n) is 2.49. The first-order valence-corrected chi connectivity index (χ1v) is 7.04. The molecule has 0 aliphatic carbocycles. The highest BCUT2D eigenvalue weighted by molar-refractivity contribution is 5.82. The topological polar surface area (TPSA) is 61.0 Å². The van der Waals surface area contributed by atoms with Gasteiger partial charge in [-0.15, -0.1) is 0 Å². The fraction of sp³-hybridized carbons (Fsp3) is 0.714. The molecule has 106 valence electrons. The van der Waals surface area contributed by atoms with Crippen LogP contribution in [0.15, 0.2) is 6.33 Å². The first-order chi connectivity index (χ1) is 8.99. The zero-order valence-electron chi connectivity index (χ0n) is 12.2. The molecular formula is C14H24N4O. The van der Waals surface area contributed by atoms with Crippen molar-refractivity contribution in [1.82, 2.24) is 20.2 Å². The largest absolute Gasteiger partial charge is 0.347 e. The van der Waals surface area contributed by atoms with E-state index < -0.39 is 0 Å². The number of fused-ring (bicyclic) bond motifs is 1. The van der Waals surface area contributed by atoms with Crippen molar-refractivity contribution < 1.29 is 4.79 Å². The zero-order valence-corrected chi connectivity index (χ0v) is 12.2. The van der Waals surface area contributed by atoms with E-state index in [9.17, 15) is 4.79 Å². The summed E-state index contributed by atoms with van der Waals surface area (Å²) in [5.74, 6) is 0.674. The Balaban J connectivity index is 2.06. The number of H-pyrrole nitrogens is 1. The minimum atomic E-state index is -0.142. The van der Waals surface area contributed by atoms with Crippen molar-refractivity contribution in [2.45, 2.75) is 52.7 Å². The molecule has 0 spiro atoms. The summed E-state index contributed by atoms with van der Waals surface area (Å²) in [7, 11) is 0. The SMILES string of the molecule is CC(C)CN(C(=O)C1Cc2nc[nH]c2CN1)C(C)C. The van der Waals surface area contributed by atoms with Crippen LogP contribution in [0, 0.1) is 5.92 Å². The van der Waals surface area contributed by atoms with Gasteiger partial charge in [0.05, 0.1) is 23.8 Å². The normalized spacial score (nSPS) is 18.7. The Morgan fingerprint density at radius 3 is 2.84 bits per heavy atom.